The first-order valence-corrected chi connectivity index (χ1v) is 9.90. The van der Waals surface area contributed by atoms with Crippen molar-refractivity contribution in [3.05, 3.63) is 105 Å². The van der Waals surface area contributed by atoms with Crippen LogP contribution in [0.15, 0.2) is 77.6 Å². The van der Waals surface area contributed by atoms with Gasteiger partial charge in [-0.1, -0.05) is 54.1 Å². The zero-order valence-electron chi connectivity index (χ0n) is 16.6. The molecule has 0 spiro atoms. The fourth-order valence-corrected chi connectivity index (χ4v) is 3.64. The largest absolute Gasteiger partial charge is 0.456 e. The van der Waals surface area contributed by atoms with E-state index in [1.165, 1.54) is 28.9 Å². The summed E-state index contributed by atoms with van der Waals surface area (Å²) in [7, 11) is 1.55. The number of hydrogen-bond acceptors (Lipinski definition) is 4. The molecule has 3 aromatic carbocycles. The van der Waals surface area contributed by atoms with Crippen molar-refractivity contribution in [2.24, 2.45) is 0 Å². The second kappa shape index (κ2) is 8.62. The Balaban J connectivity index is 1.91. The number of carbonyl (C=O) groups is 1. The van der Waals surface area contributed by atoms with E-state index in [9.17, 15) is 14.0 Å². The lowest BCUT2D eigenvalue weighted by molar-refractivity contribution is 0.0461. The number of benzene rings is 3. The minimum Gasteiger partial charge on any atom is -0.456 e. The van der Waals surface area contributed by atoms with Gasteiger partial charge in [-0.25, -0.2) is 13.9 Å². The number of carbonyl (C=O) groups excluding carboxylic acids is 1. The van der Waals surface area contributed by atoms with Gasteiger partial charge in [0.05, 0.1) is 0 Å². The van der Waals surface area contributed by atoms with Gasteiger partial charge in [-0.2, -0.15) is 0 Å². The molecule has 0 atom stereocenters. The minimum atomic E-state index is -0.698. The molecule has 0 aliphatic rings. The number of halogens is 2. The number of nitrogens with zero attached hydrogens (tertiary/aromatic N) is 1. The first kappa shape index (κ1) is 20.6. The molecule has 7 heteroatoms. The topological polar surface area (TPSA) is 60.3 Å². The number of rotatable bonds is 5. The molecule has 5 nitrogen and oxygen atoms in total. The molecule has 0 bridgehead atoms. The third-order valence-electron chi connectivity index (χ3n) is 4.91. The predicted molar refractivity (Wildman–Crippen MR) is 119 cm³/mol. The highest BCUT2D eigenvalue weighted by Gasteiger charge is 2.24. The van der Waals surface area contributed by atoms with Gasteiger partial charge in [0, 0.05) is 23.0 Å². The van der Waals surface area contributed by atoms with Crippen LogP contribution in [0.1, 0.15) is 16.1 Å². The summed E-state index contributed by atoms with van der Waals surface area (Å²) in [5.74, 6) is -1.08. The smallest absolute Gasteiger partial charge is 0.358 e. The molecule has 0 saturated heterocycles. The Bertz CT molecular complexity index is 1320. The first-order chi connectivity index (χ1) is 15.0. The number of hydrogen-bond donors (Lipinski definition) is 1. The molecule has 31 heavy (non-hydrogen) atoms. The summed E-state index contributed by atoms with van der Waals surface area (Å²) < 4.78 is 19.8. The maximum absolute atomic E-state index is 13.2. The average molecular weight is 437 g/mol. The van der Waals surface area contributed by atoms with Crippen molar-refractivity contribution < 1.29 is 13.9 Å². The van der Waals surface area contributed by atoms with Crippen molar-refractivity contribution in [2.45, 2.75) is 6.61 Å². The zero-order chi connectivity index (χ0) is 22.0. The van der Waals surface area contributed by atoms with Crippen molar-refractivity contribution in [3.63, 3.8) is 0 Å². The molecule has 0 fully saturated rings. The standard InChI is InChI=1S/C24H18ClFN2O3/c1-27-28-22(24(30)31-14-15-7-10-18(26)11-8-15)21(16-5-3-2-4-6-16)20-13-17(25)9-12-19(20)23(28)29/h2-13,27H,14H2,1H3. The summed E-state index contributed by atoms with van der Waals surface area (Å²) in [4.78, 5) is 26.3. The van der Waals surface area contributed by atoms with Crippen LogP contribution in [-0.2, 0) is 11.3 Å². The maximum Gasteiger partial charge on any atom is 0.358 e. The number of nitrogens with one attached hydrogen (secondary N) is 1. The van der Waals surface area contributed by atoms with E-state index < -0.39 is 11.5 Å². The van der Waals surface area contributed by atoms with Gasteiger partial charge in [0.25, 0.3) is 5.56 Å². The van der Waals surface area contributed by atoms with Crippen LogP contribution in [0.4, 0.5) is 4.39 Å². The van der Waals surface area contributed by atoms with Crippen LogP contribution in [0.2, 0.25) is 5.02 Å². The second-order valence-corrected chi connectivity index (χ2v) is 7.28. The summed E-state index contributed by atoms with van der Waals surface area (Å²) >= 11 is 6.22. The van der Waals surface area contributed by atoms with Crippen LogP contribution in [0.5, 0.6) is 0 Å². The third kappa shape index (κ3) is 4.02. The number of fused-ring (bicyclic) bond motifs is 1. The van der Waals surface area contributed by atoms with E-state index in [1.54, 1.807) is 25.2 Å². The summed E-state index contributed by atoms with van der Waals surface area (Å²) in [6.07, 6.45) is 0. The number of aromatic nitrogens is 1. The van der Waals surface area contributed by atoms with Gasteiger partial charge >= 0.3 is 5.97 Å². The zero-order valence-corrected chi connectivity index (χ0v) is 17.3. The normalized spacial score (nSPS) is 10.8. The lowest BCUT2D eigenvalue weighted by atomic mass is 9.97. The summed E-state index contributed by atoms with van der Waals surface area (Å²) in [6.45, 7) is -0.0706. The second-order valence-electron chi connectivity index (χ2n) is 6.85. The molecule has 0 radical (unpaired) electrons. The molecule has 4 rings (SSSR count). The van der Waals surface area contributed by atoms with Gasteiger partial charge in [-0.05, 0) is 46.8 Å². The molecule has 1 aromatic heterocycles. The van der Waals surface area contributed by atoms with Crippen molar-refractivity contribution >= 4 is 28.3 Å². The third-order valence-corrected chi connectivity index (χ3v) is 5.14. The van der Waals surface area contributed by atoms with Gasteiger partial charge < -0.3 is 10.2 Å². The summed E-state index contributed by atoms with van der Waals surface area (Å²) in [6, 6.07) is 19.8. The molecule has 156 valence electrons. The highest BCUT2D eigenvalue weighted by molar-refractivity contribution is 6.31. The summed E-state index contributed by atoms with van der Waals surface area (Å²) in [5.41, 5.74) is 4.32. The maximum atomic E-state index is 13.2. The van der Waals surface area contributed by atoms with E-state index in [2.05, 4.69) is 5.43 Å². The van der Waals surface area contributed by atoms with Gasteiger partial charge in [-0.3, -0.25) is 4.79 Å². The van der Waals surface area contributed by atoms with Gasteiger partial charge in [0.15, 0.2) is 5.69 Å². The predicted octanol–water partition coefficient (Wildman–Crippen LogP) is 4.99. The van der Waals surface area contributed by atoms with Crippen LogP contribution in [0, 0.1) is 5.82 Å². The van der Waals surface area contributed by atoms with Crippen LogP contribution < -0.4 is 11.0 Å². The Morgan fingerprint density at radius 1 is 1.03 bits per heavy atom. The van der Waals surface area contributed by atoms with E-state index in [0.717, 1.165) is 5.56 Å². The molecular weight excluding hydrogens is 419 g/mol. The Kier molecular flexibility index (Phi) is 5.73. The molecule has 0 amide bonds. The van der Waals surface area contributed by atoms with E-state index in [0.29, 0.717) is 26.9 Å². The van der Waals surface area contributed by atoms with Gasteiger partial charge in [0.1, 0.15) is 12.4 Å². The minimum absolute atomic E-state index is 0.0515. The Morgan fingerprint density at radius 2 is 1.74 bits per heavy atom. The molecule has 0 aliphatic heterocycles. The number of ether oxygens (including phenoxy) is 1. The van der Waals surface area contributed by atoms with Crippen LogP contribution in [0.3, 0.4) is 0 Å². The molecule has 1 heterocycles. The lowest BCUT2D eigenvalue weighted by Crippen LogP contribution is -2.33. The number of esters is 1. The fraction of sp³-hybridized carbons (Fsp3) is 0.0833. The van der Waals surface area contributed by atoms with Crippen molar-refractivity contribution in [1.29, 1.82) is 0 Å². The quantitative estimate of drug-likeness (QED) is 0.448. The molecule has 0 saturated carbocycles. The summed E-state index contributed by atoms with van der Waals surface area (Å²) in [5, 5.41) is 1.40. The van der Waals surface area contributed by atoms with Crippen molar-refractivity contribution in [3.8, 4) is 11.1 Å². The first-order valence-electron chi connectivity index (χ1n) is 9.52. The van der Waals surface area contributed by atoms with Gasteiger partial charge in [0.2, 0.25) is 0 Å². The monoisotopic (exact) mass is 436 g/mol. The van der Waals surface area contributed by atoms with Crippen LogP contribution >= 0.6 is 11.6 Å². The Labute approximate surface area is 182 Å². The SMILES string of the molecule is CNn1c(C(=O)OCc2ccc(F)cc2)c(-c2ccccc2)c2cc(Cl)ccc2c1=O. The van der Waals surface area contributed by atoms with Crippen molar-refractivity contribution in [2.75, 3.05) is 12.5 Å². The van der Waals surface area contributed by atoms with Crippen molar-refractivity contribution in [1.82, 2.24) is 4.68 Å². The van der Waals surface area contributed by atoms with Gasteiger partial charge in [-0.15, -0.1) is 0 Å². The Morgan fingerprint density at radius 3 is 2.42 bits per heavy atom. The van der Waals surface area contributed by atoms with Crippen LogP contribution in [-0.4, -0.2) is 17.7 Å². The molecule has 0 aliphatic carbocycles. The van der Waals surface area contributed by atoms with E-state index in [-0.39, 0.29) is 18.1 Å². The highest BCUT2D eigenvalue weighted by atomic mass is 35.5. The molecular formula is C24H18ClFN2O3. The Hall–Kier alpha value is -3.64. The highest BCUT2D eigenvalue weighted by Crippen LogP contribution is 2.32. The molecule has 0 unspecified atom stereocenters. The van der Waals surface area contributed by atoms with E-state index >= 15 is 0 Å². The fourth-order valence-electron chi connectivity index (χ4n) is 3.47. The van der Waals surface area contributed by atoms with E-state index in [4.69, 9.17) is 16.3 Å². The molecule has 1 N–H and O–H groups in total. The number of pyridine rings is 1. The van der Waals surface area contributed by atoms with Crippen LogP contribution in [0.25, 0.3) is 21.9 Å². The average Bonchev–Trinajstić information content (AvgIpc) is 2.78. The van der Waals surface area contributed by atoms with E-state index in [1.807, 2.05) is 30.3 Å². The lowest BCUT2D eigenvalue weighted by Gasteiger charge is -2.19. The molecule has 4 aromatic rings.